The Morgan fingerprint density at radius 2 is 2.13 bits per heavy atom. The summed E-state index contributed by atoms with van der Waals surface area (Å²) in [5, 5.41) is 8.84. The van der Waals surface area contributed by atoms with Crippen molar-refractivity contribution in [1.29, 1.82) is 0 Å². The minimum Gasteiger partial charge on any atom is -0.396 e. The Hall–Kier alpha value is -0.120. The Balaban J connectivity index is 2.15. The van der Waals surface area contributed by atoms with Crippen molar-refractivity contribution in [3.05, 3.63) is 0 Å². The van der Waals surface area contributed by atoms with Crippen LogP contribution in [0, 0.1) is 0 Å². The topological polar surface area (TPSA) is 26.7 Å². The second-order valence-corrected chi connectivity index (χ2v) is 4.85. The van der Waals surface area contributed by atoms with Gasteiger partial charge in [0.2, 0.25) is 0 Å². The average molecular weight is 214 g/mol. The Morgan fingerprint density at radius 3 is 2.80 bits per heavy atom. The van der Waals surface area contributed by atoms with Crippen LogP contribution in [0.2, 0.25) is 0 Å². The molecule has 1 aliphatic rings. The van der Waals surface area contributed by atoms with Crippen LogP contribution in [-0.4, -0.2) is 61.3 Å². The molecular formula is C12H26N2O. The predicted molar refractivity (Wildman–Crippen MR) is 64.1 cm³/mol. The molecule has 1 rings (SSSR count). The van der Waals surface area contributed by atoms with Crippen molar-refractivity contribution in [1.82, 2.24) is 9.80 Å². The van der Waals surface area contributed by atoms with Crippen molar-refractivity contribution in [3.63, 3.8) is 0 Å². The second kappa shape index (κ2) is 7.20. The summed E-state index contributed by atoms with van der Waals surface area (Å²) in [4.78, 5) is 4.86. The molecule has 0 bridgehead atoms. The van der Waals surface area contributed by atoms with Gasteiger partial charge in [0.15, 0.2) is 0 Å². The fraction of sp³-hybridized carbons (Fsp3) is 1.00. The van der Waals surface area contributed by atoms with Crippen LogP contribution < -0.4 is 0 Å². The highest BCUT2D eigenvalue weighted by molar-refractivity contribution is 4.78. The van der Waals surface area contributed by atoms with Crippen LogP contribution in [0.15, 0.2) is 0 Å². The Kier molecular flexibility index (Phi) is 6.22. The zero-order valence-electron chi connectivity index (χ0n) is 10.3. The van der Waals surface area contributed by atoms with E-state index in [1.807, 2.05) is 0 Å². The number of hydrogen-bond donors (Lipinski definition) is 1. The van der Waals surface area contributed by atoms with Gasteiger partial charge in [-0.15, -0.1) is 0 Å². The molecule has 1 aliphatic heterocycles. The summed E-state index contributed by atoms with van der Waals surface area (Å²) in [6.45, 7) is 4.03. The molecule has 0 aromatic carbocycles. The van der Waals surface area contributed by atoms with Gasteiger partial charge in [-0.25, -0.2) is 0 Å². The van der Waals surface area contributed by atoms with E-state index in [0.717, 1.165) is 12.5 Å². The fourth-order valence-electron chi connectivity index (χ4n) is 2.43. The minimum atomic E-state index is 0.349. The molecule has 1 fully saturated rings. The lowest BCUT2D eigenvalue weighted by Gasteiger charge is -2.24. The maximum absolute atomic E-state index is 8.84. The highest BCUT2D eigenvalue weighted by Crippen LogP contribution is 2.21. The van der Waals surface area contributed by atoms with E-state index in [2.05, 4.69) is 23.9 Å². The van der Waals surface area contributed by atoms with Crippen molar-refractivity contribution >= 4 is 0 Å². The molecule has 0 aromatic heterocycles. The predicted octanol–water partition coefficient (Wildman–Crippen LogP) is 1.17. The fourth-order valence-corrected chi connectivity index (χ4v) is 2.43. The highest BCUT2D eigenvalue weighted by atomic mass is 16.2. The summed E-state index contributed by atoms with van der Waals surface area (Å²) >= 11 is 0. The zero-order valence-corrected chi connectivity index (χ0v) is 10.3. The number of rotatable bonds is 7. The molecule has 0 spiro atoms. The van der Waals surface area contributed by atoms with E-state index in [4.69, 9.17) is 5.11 Å². The van der Waals surface area contributed by atoms with E-state index in [-0.39, 0.29) is 0 Å². The molecule has 0 radical (unpaired) electrons. The van der Waals surface area contributed by atoms with Crippen LogP contribution in [0.4, 0.5) is 0 Å². The van der Waals surface area contributed by atoms with E-state index in [0.29, 0.717) is 6.61 Å². The van der Waals surface area contributed by atoms with E-state index in [1.165, 1.54) is 45.3 Å². The Labute approximate surface area is 94.1 Å². The summed E-state index contributed by atoms with van der Waals surface area (Å²) < 4.78 is 0. The van der Waals surface area contributed by atoms with Crippen molar-refractivity contribution in [2.24, 2.45) is 0 Å². The van der Waals surface area contributed by atoms with Crippen LogP contribution in [0.3, 0.4) is 0 Å². The molecule has 3 heteroatoms. The molecule has 3 nitrogen and oxygen atoms in total. The first-order chi connectivity index (χ1) is 7.24. The molecule has 0 saturated carbocycles. The van der Waals surface area contributed by atoms with Gasteiger partial charge < -0.3 is 14.9 Å². The first-order valence-electron chi connectivity index (χ1n) is 6.23. The first-order valence-corrected chi connectivity index (χ1v) is 6.23. The minimum absolute atomic E-state index is 0.349. The molecule has 0 aromatic rings. The molecular weight excluding hydrogens is 188 g/mol. The summed E-state index contributed by atoms with van der Waals surface area (Å²) in [6, 6.07) is 0.749. The lowest BCUT2D eigenvalue weighted by atomic mass is 10.1. The average Bonchev–Trinajstić information content (AvgIpc) is 2.62. The van der Waals surface area contributed by atoms with Crippen LogP contribution in [0.1, 0.15) is 32.1 Å². The Morgan fingerprint density at radius 1 is 1.33 bits per heavy atom. The van der Waals surface area contributed by atoms with Crippen molar-refractivity contribution < 1.29 is 5.11 Å². The third-order valence-electron chi connectivity index (χ3n) is 3.25. The monoisotopic (exact) mass is 214 g/mol. The quantitative estimate of drug-likeness (QED) is 0.689. The smallest absolute Gasteiger partial charge is 0.0431 e. The molecule has 1 atom stereocenters. The van der Waals surface area contributed by atoms with Gasteiger partial charge in [-0.1, -0.05) is 0 Å². The lowest BCUT2D eigenvalue weighted by molar-refractivity contribution is 0.208. The van der Waals surface area contributed by atoms with Crippen molar-refractivity contribution in [3.8, 4) is 0 Å². The summed E-state index contributed by atoms with van der Waals surface area (Å²) in [6.07, 6.45) is 6.09. The maximum Gasteiger partial charge on any atom is 0.0431 e. The SMILES string of the molecule is CN(C)CCCN1CCCC1CCCO. The first kappa shape index (κ1) is 12.9. The standard InChI is InChI=1S/C12H26N2O/c1-13(2)8-5-10-14-9-3-6-12(14)7-4-11-15/h12,15H,3-11H2,1-2H3. The third kappa shape index (κ3) is 4.96. The number of aliphatic hydroxyl groups excluding tert-OH is 1. The maximum atomic E-state index is 8.84. The molecule has 1 saturated heterocycles. The van der Waals surface area contributed by atoms with Gasteiger partial charge in [0.25, 0.3) is 0 Å². The number of likely N-dealkylation sites (tertiary alicyclic amines) is 1. The van der Waals surface area contributed by atoms with Crippen LogP contribution >= 0.6 is 0 Å². The normalized spacial score (nSPS) is 22.8. The molecule has 0 amide bonds. The van der Waals surface area contributed by atoms with Crippen LogP contribution in [0.5, 0.6) is 0 Å². The number of hydrogen-bond acceptors (Lipinski definition) is 3. The third-order valence-corrected chi connectivity index (χ3v) is 3.25. The Bertz CT molecular complexity index is 162. The van der Waals surface area contributed by atoms with E-state index in [1.54, 1.807) is 0 Å². The van der Waals surface area contributed by atoms with Crippen molar-refractivity contribution in [2.75, 3.05) is 40.3 Å². The van der Waals surface area contributed by atoms with E-state index in [9.17, 15) is 0 Å². The van der Waals surface area contributed by atoms with Crippen molar-refractivity contribution in [2.45, 2.75) is 38.1 Å². The summed E-state index contributed by atoms with van der Waals surface area (Å²) in [7, 11) is 4.26. The van der Waals surface area contributed by atoms with Gasteiger partial charge >= 0.3 is 0 Å². The van der Waals surface area contributed by atoms with Gasteiger partial charge in [-0.3, -0.25) is 0 Å². The van der Waals surface area contributed by atoms with Gasteiger partial charge in [-0.2, -0.15) is 0 Å². The number of aliphatic hydroxyl groups is 1. The molecule has 15 heavy (non-hydrogen) atoms. The largest absolute Gasteiger partial charge is 0.396 e. The second-order valence-electron chi connectivity index (χ2n) is 4.85. The zero-order chi connectivity index (χ0) is 11.1. The summed E-state index contributed by atoms with van der Waals surface area (Å²) in [5.41, 5.74) is 0. The van der Waals surface area contributed by atoms with E-state index >= 15 is 0 Å². The summed E-state index contributed by atoms with van der Waals surface area (Å²) in [5.74, 6) is 0. The highest BCUT2D eigenvalue weighted by Gasteiger charge is 2.22. The van der Waals surface area contributed by atoms with Crippen LogP contribution in [-0.2, 0) is 0 Å². The van der Waals surface area contributed by atoms with Gasteiger partial charge in [-0.05, 0) is 65.8 Å². The van der Waals surface area contributed by atoms with Crippen LogP contribution in [0.25, 0.3) is 0 Å². The molecule has 1 unspecified atom stereocenters. The molecule has 1 heterocycles. The van der Waals surface area contributed by atoms with E-state index < -0.39 is 0 Å². The lowest BCUT2D eigenvalue weighted by Crippen LogP contribution is -2.32. The van der Waals surface area contributed by atoms with Gasteiger partial charge in [0, 0.05) is 12.6 Å². The molecule has 90 valence electrons. The van der Waals surface area contributed by atoms with Gasteiger partial charge in [0.1, 0.15) is 0 Å². The molecule has 0 aliphatic carbocycles. The molecule has 1 N–H and O–H groups in total. The van der Waals surface area contributed by atoms with Gasteiger partial charge in [0.05, 0.1) is 0 Å². The number of nitrogens with zero attached hydrogens (tertiary/aromatic N) is 2.